The van der Waals surface area contributed by atoms with Gasteiger partial charge in [0.05, 0.1) is 5.56 Å². The van der Waals surface area contributed by atoms with Crippen LogP contribution in [0.1, 0.15) is 42.6 Å². The highest BCUT2D eigenvalue weighted by Gasteiger charge is 2.22. The van der Waals surface area contributed by atoms with E-state index >= 15 is 0 Å². The van der Waals surface area contributed by atoms with E-state index in [0.717, 1.165) is 19.3 Å². The zero-order valence-electron chi connectivity index (χ0n) is 25.2. The number of carbonyl (C=O) groups excluding carboxylic acids is 1. The van der Waals surface area contributed by atoms with Crippen molar-refractivity contribution in [2.45, 2.75) is 39.2 Å². The minimum Gasteiger partial charge on any atom is -0.480 e. The number of carboxylic acids is 1. The maximum Gasteiger partial charge on any atom is 0.327 e. The van der Waals surface area contributed by atoms with Gasteiger partial charge in [-0.3, -0.25) is 4.79 Å². The highest BCUT2D eigenvalue weighted by Crippen LogP contribution is 2.25. The Morgan fingerprint density at radius 1 is 0.818 bits per heavy atom. The fourth-order valence-electron chi connectivity index (χ4n) is 4.55. The topological polar surface area (TPSA) is 75.6 Å². The number of para-hydroxylation sites is 2. The number of thioether (sulfide) groups is 1. The van der Waals surface area contributed by atoms with Crippen LogP contribution in [0.15, 0.2) is 132 Å². The van der Waals surface area contributed by atoms with Crippen molar-refractivity contribution in [1.82, 2.24) is 5.32 Å². The van der Waals surface area contributed by atoms with Gasteiger partial charge < -0.3 is 15.2 Å². The third-order valence-electron chi connectivity index (χ3n) is 7.05. The van der Waals surface area contributed by atoms with E-state index in [1.54, 1.807) is 36.4 Å². The van der Waals surface area contributed by atoms with Gasteiger partial charge in [-0.05, 0) is 74.1 Å². The van der Waals surface area contributed by atoms with E-state index in [9.17, 15) is 14.7 Å². The Morgan fingerprint density at radius 2 is 1.45 bits per heavy atom. The van der Waals surface area contributed by atoms with Crippen molar-refractivity contribution in [1.29, 1.82) is 0 Å². The summed E-state index contributed by atoms with van der Waals surface area (Å²) < 4.78 is 5.89. The molecule has 0 fully saturated rings. The van der Waals surface area contributed by atoms with Crippen LogP contribution in [0.25, 0.3) is 11.1 Å². The van der Waals surface area contributed by atoms with Crippen LogP contribution in [0.3, 0.4) is 0 Å². The predicted molar refractivity (Wildman–Crippen MR) is 182 cm³/mol. The molecule has 0 saturated carbocycles. The summed E-state index contributed by atoms with van der Waals surface area (Å²) in [5.41, 5.74) is 6.56. The number of rotatable bonds is 15. The molecule has 5 nitrogen and oxygen atoms in total. The number of benzene rings is 4. The SMILES string of the molecule is CC(C)=CC/C(=C\CSC[C@H](NC(=O)c1ccccc1Oc1ccccc1)C(=O)O)CCc1ccc(-c2ccccc2)cc1. The summed E-state index contributed by atoms with van der Waals surface area (Å²) in [5, 5.41) is 12.5. The minimum absolute atomic E-state index is 0.246. The second-order valence-corrected chi connectivity index (χ2v) is 11.8. The van der Waals surface area contributed by atoms with Gasteiger partial charge in [0.1, 0.15) is 17.5 Å². The number of nitrogens with one attached hydrogen (secondary N) is 1. The molecule has 2 N–H and O–H groups in total. The monoisotopic (exact) mass is 605 g/mol. The van der Waals surface area contributed by atoms with Crippen LogP contribution in [-0.2, 0) is 11.2 Å². The molecule has 1 atom stereocenters. The molecule has 4 rings (SSSR count). The number of carboxylic acid groups (broad SMARTS) is 1. The molecule has 6 heteroatoms. The molecule has 1 amide bonds. The van der Waals surface area contributed by atoms with E-state index in [4.69, 9.17) is 4.74 Å². The lowest BCUT2D eigenvalue weighted by atomic mass is 9.99. The first kappa shape index (κ1) is 32.4. The molecule has 0 aliphatic carbocycles. The van der Waals surface area contributed by atoms with Crippen molar-refractivity contribution in [3.8, 4) is 22.6 Å². The molecule has 0 radical (unpaired) electrons. The molecule has 0 aromatic heterocycles. The smallest absolute Gasteiger partial charge is 0.327 e. The van der Waals surface area contributed by atoms with E-state index in [2.05, 4.69) is 79.8 Å². The van der Waals surface area contributed by atoms with Crippen molar-refractivity contribution in [3.05, 3.63) is 144 Å². The molecule has 0 saturated heterocycles. The lowest BCUT2D eigenvalue weighted by Gasteiger charge is -2.16. The maximum absolute atomic E-state index is 13.1. The molecule has 0 spiro atoms. The van der Waals surface area contributed by atoms with Crippen molar-refractivity contribution < 1.29 is 19.4 Å². The molecule has 0 aliphatic rings. The number of aryl methyl sites for hydroxylation is 1. The standard InChI is InChI=1S/C38H39NO4S/c1-28(2)17-18-30(20-19-29-21-23-32(24-22-29)31-11-5-3-6-12-31)25-26-44-27-35(38(41)42)39-37(40)34-15-9-10-16-36(34)43-33-13-7-4-8-14-33/h3-17,21-25,35H,18-20,26-27H2,1-2H3,(H,39,40)(H,41,42)/b30-25+/t35-/m0/s1. The summed E-state index contributed by atoms with van der Waals surface area (Å²) in [4.78, 5) is 25.1. The molecular formula is C38H39NO4S. The molecule has 0 heterocycles. The van der Waals surface area contributed by atoms with Crippen LogP contribution >= 0.6 is 11.8 Å². The van der Waals surface area contributed by atoms with Gasteiger partial charge in [-0.25, -0.2) is 4.79 Å². The Labute approximate surface area is 264 Å². The third-order valence-corrected chi connectivity index (χ3v) is 8.02. The van der Waals surface area contributed by atoms with Gasteiger partial charge in [0, 0.05) is 11.5 Å². The zero-order chi connectivity index (χ0) is 31.1. The molecule has 226 valence electrons. The second kappa shape index (κ2) is 16.9. The number of hydrogen-bond donors (Lipinski definition) is 2. The van der Waals surface area contributed by atoms with Crippen LogP contribution in [0.2, 0.25) is 0 Å². The van der Waals surface area contributed by atoms with Gasteiger partial charge in [0.15, 0.2) is 0 Å². The third kappa shape index (κ3) is 10.3. The predicted octanol–water partition coefficient (Wildman–Crippen LogP) is 8.98. The number of allylic oxidation sites excluding steroid dienone is 3. The Hall–Kier alpha value is -4.55. The molecular weight excluding hydrogens is 566 g/mol. The van der Waals surface area contributed by atoms with E-state index in [1.165, 1.54) is 39.6 Å². The molecule has 4 aromatic rings. The number of aliphatic carboxylic acids is 1. The number of ether oxygens (including phenoxy) is 1. The van der Waals surface area contributed by atoms with Crippen molar-refractivity contribution in [2.75, 3.05) is 11.5 Å². The van der Waals surface area contributed by atoms with Gasteiger partial charge in [0.2, 0.25) is 0 Å². The highest BCUT2D eigenvalue weighted by atomic mass is 32.2. The summed E-state index contributed by atoms with van der Waals surface area (Å²) >= 11 is 1.49. The Bertz CT molecular complexity index is 1560. The quantitative estimate of drug-likeness (QED) is 0.104. The van der Waals surface area contributed by atoms with Crippen molar-refractivity contribution in [3.63, 3.8) is 0 Å². The van der Waals surface area contributed by atoms with Crippen LogP contribution in [-0.4, -0.2) is 34.5 Å². The van der Waals surface area contributed by atoms with Gasteiger partial charge in [-0.1, -0.05) is 108 Å². The van der Waals surface area contributed by atoms with E-state index in [0.29, 0.717) is 17.3 Å². The molecule has 4 aromatic carbocycles. The maximum atomic E-state index is 13.1. The Kier molecular flexibility index (Phi) is 12.4. The van der Waals surface area contributed by atoms with Crippen LogP contribution in [0, 0.1) is 0 Å². The van der Waals surface area contributed by atoms with Crippen LogP contribution < -0.4 is 10.1 Å². The van der Waals surface area contributed by atoms with Gasteiger partial charge in [-0.15, -0.1) is 0 Å². The first-order valence-corrected chi connectivity index (χ1v) is 15.9. The number of amides is 1. The average molecular weight is 606 g/mol. The molecule has 0 bridgehead atoms. The molecule has 0 aliphatic heterocycles. The van der Waals surface area contributed by atoms with Gasteiger partial charge in [0.25, 0.3) is 5.91 Å². The fraction of sp³-hybridized carbons (Fsp3) is 0.211. The van der Waals surface area contributed by atoms with E-state index in [-0.39, 0.29) is 11.3 Å². The molecule has 44 heavy (non-hydrogen) atoms. The largest absolute Gasteiger partial charge is 0.480 e. The Morgan fingerprint density at radius 3 is 2.14 bits per heavy atom. The first-order chi connectivity index (χ1) is 21.4. The lowest BCUT2D eigenvalue weighted by molar-refractivity contribution is -0.138. The van der Waals surface area contributed by atoms with Crippen LogP contribution in [0.4, 0.5) is 0 Å². The summed E-state index contributed by atoms with van der Waals surface area (Å²) in [6.45, 7) is 4.19. The van der Waals surface area contributed by atoms with E-state index in [1.807, 2.05) is 24.3 Å². The van der Waals surface area contributed by atoms with Gasteiger partial charge in [-0.2, -0.15) is 11.8 Å². The lowest BCUT2D eigenvalue weighted by Crippen LogP contribution is -2.42. The minimum atomic E-state index is -1.07. The summed E-state index contributed by atoms with van der Waals surface area (Å²) in [5.74, 6) is 0.317. The molecule has 0 unspecified atom stereocenters. The second-order valence-electron chi connectivity index (χ2n) is 10.7. The normalized spacial score (nSPS) is 11.8. The summed E-state index contributed by atoms with van der Waals surface area (Å²) in [7, 11) is 0. The van der Waals surface area contributed by atoms with Crippen LogP contribution in [0.5, 0.6) is 11.5 Å². The fourth-order valence-corrected chi connectivity index (χ4v) is 5.51. The highest BCUT2D eigenvalue weighted by molar-refractivity contribution is 7.99. The summed E-state index contributed by atoms with van der Waals surface area (Å²) in [6, 6.07) is 34.1. The number of hydrogen-bond acceptors (Lipinski definition) is 4. The van der Waals surface area contributed by atoms with Crippen molar-refractivity contribution >= 4 is 23.6 Å². The number of carbonyl (C=O) groups is 2. The van der Waals surface area contributed by atoms with E-state index < -0.39 is 17.9 Å². The zero-order valence-corrected chi connectivity index (χ0v) is 26.1. The first-order valence-electron chi connectivity index (χ1n) is 14.8. The average Bonchev–Trinajstić information content (AvgIpc) is 3.04. The van der Waals surface area contributed by atoms with Gasteiger partial charge >= 0.3 is 5.97 Å². The van der Waals surface area contributed by atoms with Crippen molar-refractivity contribution in [2.24, 2.45) is 0 Å². The summed E-state index contributed by atoms with van der Waals surface area (Å²) in [6.07, 6.45) is 7.14. The Balaban J connectivity index is 1.33.